The molecule has 1 aliphatic heterocycles. The molecule has 1 saturated heterocycles. The van der Waals surface area contributed by atoms with Crippen molar-refractivity contribution in [1.82, 2.24) is 15.0 Å². The number of para-hydroxylation sites is 1. The summed E-state index contributed by atoms with van der Waals surface area (Å²) < 4.78 is 16.5. The van der Waals surface area contributed by atoms with E-state index in [1.54, 1.807) is 18.1 Å². The van der Waals surface area contributed by atoms with Gasteiger partial charge in [0.05, 0.1) is 13.0 Å². The Morgan fingerprint density at radius 1 is 1.17 bits per heavy atom. The molecular weight excluding hydrogens is 370 g/mol. The van der Waals surface area contributed by atoms with Crippen LogP contribution in [0.25, 0.3) is 11.0 Å². The van der Waals surface area contributed by atoms with Crippen LogP contribution in [0, 0.1) is 0 Å². The summed E-state index contributed by atoms with van der Waals surface area (Å²) in [5.74, 6) is 2.04. The summed E-state index contributed by atoms with van der Waals surface area (Å²) in [5.41, 5.74) is 1.71. The van der Waals surface area contributed by atoms with Gasteiger partial charge < -0.3 is 18.6 Å². The van der Waals surface area contributed by atoms with E-state index >= 15 is 0 Å². The maximum absolute atomic E-state index is 12.7. The molecule has 1 fully saturated rings. The van der Waals surface area contributed by atoms with E-state index in [1.165, 1.54) is 0 Å². The van der Waals surface area contributed by atoms with E-state index in [0.29, 0.717) is 48.3 Å². The number of ether oxygens (including phenoxy) is 1. The summed E-state index contributed by atoms with van der Waals surface area (Å²) in [6.45, 7) is 1.06. The molecule has 0 unspecified atom stereocenters. The average Bonchev–Trinajstić information content (AvgIpc) is 3.34. The zero-order valence-corrected chi connectivity index (χ0v) is 15.9. The topological polar surface area (TPSA) is 81.6 Å². The molecule has 0 spiro atoms. The van der Waals surface area contributed by atoms with Crippen molar-refractivity contribution in [3.8, 4) is 5.75 Å². The normalized spacial score (nSPS) is 14.2. The van der Waals surface area contributed by atoms with Gasteiger partial charge in [0.25, 0.3) is 5.91 Å². The van der Waals surface area contributed by atoms with Gasteiger partial charge in [-0.15, -0.1) is 0 Å². The maximum atomic E-state index is 12.7. The summed E-state index contributed by atoms with van der Waals surface area (Å²) in [5, 5.41) is 4.91. The van der Waals surface area contributed by atoms with Crippen LogP contribution in [0.5, 0.6) is 5.75 Å². The van der Waals surface area contributed by atoms with Crippen LogP contribution in [0.15, 0.2) is 63.5 Å². The second-order valence-corrected chi connectivity index (χ2v) is 7.11. The van der Waals surface area contributed by atoms with Crippen molar-refractivity contribution in [1.29, 1.82) is 0 Å². The summed E-state index contributed by atoms with van der Waals surface area (Å²) in [6.07, 6.45) is 0.626. The third-order valence-electron chi connectivity index (χ3n) is 5.15. The second-order valence-electron chi connectivity index (χ2n) is 7.11. The summed E-state index contributed by atoms with van der Waals surface area (Å²) in [7, 11) is 1.58. The number of aromatic nitrogens is 2. The first kappa shape index (κ1) is 17.5. The number of furan rings is 1. The van der Waals surface area contributed by atoms with Crippen LogP contribution in [-0.4, -0.2) is 41.1 Å². The number of carbonyl (C=O) groups excluding carboxylic acids is 1. The van der Waals surface area contributed by atoms with Gasteiger partial charge >= 0.3 is 0 Å². The molecule has 0 saturated carbocycles. The van der Waals surface area contributed by atoms with Gasteiger partial charge in [-0.25, -0.2) is 0 Å². The van der Waals surface area contributed by atoms with Crippen LogP contribution in [0.3, 0.4) is 0 Å². The fourth-order valence-electron chi connectivity index (χ4n) is 3.54. The summed E-state index contributed by atoms with van der Waals surface area (Å²) in [4.78, 5) is 19.0. The minimum atomic E-state index is -0.150. The number of likely N-dealkylation sites (tertiary alicyclic amines) is 1. The molecule has 146 valence electrons. The standard InChI is InChI=1S/C22H19N3O4/c1-27-17-9-5-8-15-11-18(28-20(15)17)22(26)25-12-16(13-25)21-23-19(24-29-21)10-14-6-3-2-4-7-14/h2-9,11,16H,10,12-13H2,1H3. The van der Waals surface area contributed by atoms with Gasteiger partial charge in [-0.3, -0.25) is 4.79 Å². The van der Waals surface area contributed by atoms with Crippen molar-refractivity contribution in [3.05, 3.63) is 77.6 Å². The molecule has 5 rings (SSSR count). The summed E-state index contributed by atoms with van der Waals surface area (Å²) in [6, 6.07) is 17.3. The molecule has 2 aromatic carbocycles. The monoisotopic (exact) mass is 389 g/mol. The molecule has 7 nitrogen and oxygen atoms in total. The lowest BCUT2D eigenvalue weighted by Gasteiger charge is -2.36. The highest BCUT2D eigenvalue weighted by Crippen LogP contribution is 2.32. The largest absolute Gasteiger partial charge is 0.493 e. The first-order valence-corrected chi connectivity index (χ1v) is 9.43. The zero-order valence-electron chi connectivity index (χ0n) is 15.9. The molecule has 4 aromatic rings. The van der Waals surface area contributed by atoms with Crippen LogP contribution >= 0.6 is 0 Å². The van der Waals surface area contributed by atoms with Gasteiger partial charge in [-0.05, 0) is 17.7 Å². The fourth-order valence-corrected chi connectivity index (χ4v) is 3.54. The second kappa shape index (κ2) is 7.09. The van der Waals surface area contributed by atoms with Crippen molar-refractivity contribution in [2.75, 3.05) is 20.2 Å². The lowest BCUT2D eigenvalue weighted by Crippen LogP contribution is -2.48. The SMILES string of the molecule is COc1cccc2cc(C(=O)N3CC(c4nc(Cc5ccccc5)no4)C3)oc12. The molecule has 2 aromatic heterocycles. The highest BCUT2D eigenvalue weighted by atomic mass is 16.5. The van der Waals surface area contributed by atoms with E-state index in [9.17, 15) is 4.79 Å². The predicted octanol–water partition coefficient (Wildman–Crippen LogP) is 3.65. The van der Waals surface area contributed by atoms with Gasteiger partial charge in [-0.2, -0.15) is 4.98 Å². The number of methoxy groups -OCH3 is 1. The van der Waals surface area contributed by atoms with E-state index in [1.807, 2.05) is 48.5 Å². The average molecular weight is 389 g/mol. The molecule has 0 aliphatic carbocycles. The van der Waals surface area contributed by atoms with Crippen molar-refractivity contribution < 1.29 is 18.5 Å². The van der Waals surface area contributed by atoms with Gasteiger partial charge in [-0.1, -0.05) is 47.6 Å². The number of amides is 1. The molecule has 7 heteroatoms. The number of nitrogens with zero attached hydrogens (tertiary/aromatic N) is 3. The van der Waals surface area contributed by atoms with Crippen molar-refractivity contribution in [3.63, 3.8) is 0 Å². The van der Waals surface area contributed by atoms with E-state index in [-0.39, 0.29) is 11.8 Å². The number of fused-ring (bicyclic) bond motifs is 1. The third kappa shape index (κ3) is 3.24. The van der Waals surface area contributed by atoms with Crippen LogP contribution in [-0.2, 0) is 6.42 Å². The number of hydrogen-bond donors (Lipinski definition) is 0. The van der Waals surface area contributed by atoms with Gasteiger partial charge in [0, 0.05) is 24.9 Å². The third-order valence-corrected chi connectivity index (χ3v) is 5.15. The Bertz CT molecular complexity index is 1160. The Morgan fingerprint density at radius 3 is 2.79 bits per heavy atom. The van der Waals surface area contributed by atoms with Crippen LogP contribution in [0.4, 0.5) is 0 Å². The van der Waals surface area contributed by atoms with Crippen LogP contribution < -0.4 is 4.74 Å². The summed E-state index contributed by atoms with van der Waals surface area (Å²) >= 11 is 0. The molecule has 1 aliphatic rings. The molecular formula is C22H19N3O4. The molecule has 0 bridgehead atoms. The van der Waals surface area contributed by atoms with Crippen molar-refractivity contribution in [2.45, 2.75) is 12.3 Å². The van der Waals surface area contributed by atoms with E-state index in [0.717, 1.165) is 10.9 Å². The number of benzene rings is 2. The minimum Gasteiger partial charge on any atom is -0.493 e. The van der Waals surface area contributed by atoms with E-state index in [4.69, 9.17) is 13.7 Å². The molecule has 29 heavy (non-hydrogen) atoms. The fraction of sp³-hybridized carbons (Fsp3) is 0.227. The molecule has 0 N–H and O–H groups in total. The Hall–Kier alpha value is -3.61. The Labute approximate surface area is 166 Å². The van der Waals surface area contributed by atoms with Crippen LogP contribution in [0.1, 0.15) is 33.8 Å². The number of hydrogen-bond acceptors (Lipinski definition) is 6. The molecule has 3 heterocycles. The number of rotatable bonds is 5. The van der Waals surface area contributed by atoms with Crippen molar-refractivity contribution >= 4 is 16.9 Å². The Balaban J connectivity index is 1.25. The Kier molecular flexibility index (Phi) is 4.27. The maximum Gasteiger partial charge on any atom is 0.289 e. The zero-order chi connectivity index (χ0) is 19.8. The number of carbonyl (C=O) groups is 1. The van der Waals surface area contributed by atoms with Crippen molar-refractivity contribution in [2.24, 2.45) is 0 Å². The smallest absolute Gasteiger partial charge is 0.289 e. The van der Waals surface area contributed by atoms with E-state index in [2.05, 4.69) is 10.1 Å². The lowest BCUT2D eigenvalue weighted by molar-refractivity contribution is 0.0539. The quantitative estimate of drug-likeness (QED) is 0.518. The lowest BCUT2D eigenvalue weighted by atomic mass is 10.00. The molecule has 0 radical (unpaired) electrons. The van der Waals surface area contributed by atoms with Gasteiger partial charge in [0.1, 0.15) is 0 Å². The van der Waals surface area contributed by atoms with Crippen LogP contribution in [0.2, 0.25) is 0 Å². The highest BCUT2D eigenvalue weighted by Gasteiger charge is 2.37. The first-order valence-electron chi connectivity index (χ1n) is 9.43. The first-order chi connectivity index (χ1) is 14.2. The highest BCUT2D eigenvalue weighted by molar-refractivity contribution is 5.97. The van der Waals surface area contributed by atoms with E-state index < -0.39 is 0 Å². The Morgan fingerprint density at radius 2 is 2.00 bits per heavy atom. The van der Waals surface area contributed by atoms with Gasteiger partial charge in [0.2, 0.25) is 5.89 Å². The predicted molar refractivity (Wildman–Crippen MR) is 105 cm³/mol. The minimum absolute atomic E-state index is 0.0508. The molecule has 0 atom stereocenters. The van der Waals surface area contributed by atoms with Gasteiger partial charge in [0.15, 0.2) is 22.9 Å². The molecule has 1 amide bonds.